The summed E-state index contributed by atoms with van der Waals surface area (Å²) in [6.45, 7) is 8.76. The summed E-state index contributed by atoms with van der Waals surface area (Å²) in [7, 11) is 0. The van der Waals surface area contributed by atoms with Gasteiger partial charge in [-0.1, -0.05) is 39.0 Å². The lowest BCUT2D eigenvalue weighted by molar-refractivity contribution is -0.109. The topological polar surface area (TPSA) is 17.1 Å². The molecule has 1 fully saturated rings. The van der Waals surface area contributed by atoms with E-state index in [2.05, 4.69) is 45.9 Å². The van der Waals surface area contributed by atoms with Crippen LogP contribution in [0.25, 0.3) is 0 Å². The molecule has 1 saturated carbocycles. The van der Waals surface area contributed by atoms with Crippen LogP contribution in [0, 0.1) is 12.8 Å². The van der Waals surface area contributed by atoms with Gasteiger partial charge in [-0.05, 0) is 47.8 Å². The van der Waals surface area contributed by atoms with Gasteiger partial charge in [0.25, 0.3) is 0 Å². The molecule has 0 aromatic heterocycles. The van der Waals surface area contributed by atoms with Crippen LogP contribution in [0.1, 0.15) is 56.2 Å². The third kappa shape index (κ3) is 2.59. The summed E-state index contributed by atoms with van der Waals surface area (Å²) in [5.41, 5.74) is 3.97. The molecule has 1 nitrogen and oxygen atoms in total. The standard InChI is InChI=1S/C16H22O/c1-11-5-8-13(16(2,3)4)9-14(11)15(10-17)12-6-7-12/h5,8-10,12,15H,6-7H2,1-4H3. The minimum atomic E-state index is 0.122. The molecule has 0 saturated heterocycles. The summed E-state index contributed by atoms with van der Waals surface area (Å²) < 4.78 is 0. The second-order valence-electron chi connectivity index (χ2n) is 6.32. The molecule has 1 aliphatic rings. The first kappa shape index (κ1) is 12.3. The van der Waals surface area contributed by atoms with E-state index in [1.165, 1.54) is 29.5 Å². The van der Waals surface area contributed by atoms with Crippen molar-refractivity contribution in [1.82, 2.24) is 0 Å². The normalized spacial score (nSPS) is 17.9. The van der Waals surface area contributed by atoms with Gasteiger partial charge in [0.05, 0.1) is 0 Å². The SMILES string of the molecule is Cc1ccc(C(C)(C)C)cc1C(C=O)C1CC1. The van der Waals surface area contributed by atoms with Crippen molar-refractivity contribution in [3.8, 4) is 0 Å². The molecule has 0 bridgehead atoms. The molecule has 0 heterocycles. The molecule has 2 rings (SSSR count). The fourth-order valence-corrected chi connectivity index (χ4v) is 2.36. The molecular weight excluding hydrogens is 208 g/mol. The molecule has 1 atom stereocenters. The van der Waals surface area contributed by atoms with Crippen molar-refractivity contribution in [2.75, 3.05) is 0 Å². The lowest BCUT2D eigenvalue weighted by Crippen LogP contribution is -2.13. The molecular formula is C16H22O. The largest absolute Gasteiger partial charge is 0.303 e. The minimum Gasteiger partial charge on any atom is -0.303 e. The average Bonchev–Trinajstić information content (AvgIpc) is 3.04. The Balaban J connectivity index is 2.41. The molecule has 1 aromatic carbocycles. The number of carbonyl (C=O) groups excluding carboxylic acids is 1. The lowest BCUT2D eigenvalue weighted by atomic mass is 9.82. The molecule has 1 heteroatoms. The Hall–Kier alpha value is -1.11. The summed E-state index contributed by atoms with van der Waals surface area (Å²) in [5.74, 6) is 0.721. The quantitative estimate of drug-likeness (QED) is 0.718. The molecule has 0 N–H and O–H groups in total. The number of hydrogen-bond donors (Lipinski definition) is 0. The maximum atomic E-state index is 11.3. The van der Waals surface area contributed by atoms with E-state index >= 15 is 0 Å². The number of aryl methyl sites for hydroxylation is 1. The Morgan fingerprint density at radius 2 is 1.94 bits per heavy atom. The van der Waals surface area contributed by atoms with Gasteiger partial charge in [-0.3, -0.25) is 0 Å². The number of benzene rings is 1. The Morgan fingerprint density at radius 3 is 2.41 bits per heavy atom. The highest BCUT2D eigenvalue weighted by Gasteiger charge is 2.33. The molecule has 1 aliphatic carbocycles. The van der Waals surface area contributed by atoms with Gasteiger partial charge in [0.15, 0.2) is 0 Å². The predicted octanol–water partition coefficient (Wildman–Crippen LogP) is 3.99. The average molecular weight is 230 g/mol. The zero-order valence-electron chi connectivity index (χ0n) is 11.3. The minimum absolute atomic E-state index is 0.122. The highest BCUT2D eigenvalue weighted by Crippen LogP contribution is 2.43. The van der Waals surface area contributed by atoms with Crippen LogP contribution < -0.4 is 0 Å². The van der Waals surface area contributed by atoms with Crippen LogP contribution in [-0.4, -0.2) is 6.29 Å². The molecule has 0 aliphatic heterocycles. The number of carbonyl (C=O) groups is 1. The third-order valence-electron chi connectivity index (χ3n) is 3.78. The van der Waals surface area contributed by atoms with Gasteiger partial charge in [-0.25, -0.2) is 0 Å². The van der Waals surface area contributed by atoms with E-state index in [-0.39, 0.29) is 11.3 Å². The Kier molecular flexibility index (Phi) is 3.11. The first-order chi connectivity index (χ1) is 7.93. The van der Waals surface area contributed by atoms with E-state index in [9.17, 15) is 4.79 Å². The van der Waals surface area contributed by atoms with Crippen LogP contribution in [0.4, 0.5) is 0 Å². The molecule has 0 spiro atoms. The molecule has 0 amide bonds. The van der Waals surface area contributed by atoms with E-state index in [1.54, 1.807) is 0 Å². The predicted molar refractivity (Wildman–Crippen MR) is 71.4 cm³/mol. The van der Waals surface area contributed by atoms with Crippen molar-refractivity contribution in [3.05, 3.63) is 34.9 Å². The van der Waals surface area contributed by atoms with E-state index in [1.807, 2.05) is 0 Å². The highest BCUT2D eigenvalue weighted by molar-refractivity contribution is 5.65. The Labute approximate surface area is 104 Å². The van der Waals surface area contributed by atoms with Crippen molar-refractivity contribution in [2.24, 2.45) is 5.92 Å². The van der Waals surface area contributed by atoms with Crippen molar-refractivity contribution >= 4 is 6.29 Å². The van der Waals surface area contributed by atoms with Gasteiger partial charge < -0.3 is 4.79 Å². The maximum absolute atomic E-state index is 11.3. The lowest BCUT2D eigenvalue weighted by Gasteiger charge is -2.22. The number of rotatable bonds is 3. The van der Waals surface area contributed by atoms with Crippen LogP contribution in [0.15, 0.2) is 18.2 Å². The summed E-state index contributed by atoms with van der Waals surface area (Å²) in [6, 6.07) is 6.59. The number of hydrogen-bond acceptors (Lipinski definition) is 1. The van der Waals surface area contributed by atoms with Crippen molar-refractivity contribution < 1.29 is 4.79 Å². The summed E-state index contributed by atoms with van der Waals surface area (Å²) >= 11 is 0. The Bertz CT molecular complexity index is 422. The van der Waals surface area contributed by atoms with E-state index in [4.69, 9.17) is 0 Å². The fraction of sp³-hybridized carbons (Fsp3) is 0.562. The zero-order valence-corrected chi connectivity index (χ0v) is 11.3. The van der Waals surface area contributed by atoms with E-state index in [0.717, 1.165) is 6.29 Å². The molecule has 92 valence electrons. The van der Waals surface area contributed by atoms with Crippen LogP contribution in [0.2, 0.25) is 0 Å². The molecule has 17 heavy (non-hydrogen) atoms. The molecule has 1 aromatic rings. The van der Waals surface area contributed by atoms with Gasteiger partial charge >= 0.3 is 0 Å². The maximum Gasteiger partial charge on any atom is 0.127 e. The van der Waals surface area contributed by atoms with Crippen molar-refractivity contribution in [1.29, 1.82) is 0 Å². The van der Waals surface area contributed by atoms with Crippen LogP contribution in [0.3, 0.4) is 0 Å². The van der Waals surface area contributed by atoms with Gasteiger partial charge in [0.1, 0.15) is 6.29 Å². The van der Waals surface area contributed by atoms with E-state index in [0.29, 0.717) is 5.92 Å². The fourth-order valence-electron chi connectivity index (χ4n) is 2.36. The van der Waals surface area contributed by atoms with Crippen molar-refractivity contribution in [2.45, 2.75) is 51.9 Å². The first-order valence-electron chi connectivity index (χ1n) is 6.50. The van der Waals surface area contributed by atoms with Crippen molar-refractivity contribution in [3.63, 3.8) is 0 Å². The third-order valence-corrected chi connectivity index (χ3v) is 3.78. The van der Waals surface area contributed by atoms with E-state index < -0.39 is 0 Å². The van der Waals surface area contributed by atoms with Crippen LogP contribution in [0.5, 0.6) is 0 Å². The second-order valence-corrected chi connectivity index (χ2v) is 6.32. The zero-order chi connectivity index (χ0) is 12.6. The smallest absolute Gasteiger partial charge is 0.127 e. The van der Waals surface area contributed by atoms with Gasteiger partial charge in [0, 0.05) is 5.92 Å². The molecule has 0 radical (unpaired) electrons. The molecule has 1 unspecified atom stereocenters. The summed E-state index contributed by atoms with van der Waals surface area (Å²) in [6.07, 6.45) is 3.57. The summed E-state index contributed by atoms with van der Waals surface area (Å²) in [4.78, 5) is 11.3. The Morgan fingerprint density at radius 1 is 1.29 bits per heavy atom. The second kappa shape index (κ2) is 4.29. The highest BCUT2D eigenvalue weighted by atomic mass is 16.1. The number of aldehydes is 1. The first-order valence-corrected chi connectivity index (χ1v) is 6.50. The van der Waals surface area contributed by atoms with Gasteiger partial charge in [0.2, 0.25) is 0 Å². The van der Waals surface area contributed by atoms with Crippen LogP contribution >= 0.6 is 0 Å². The summed E-state index contributed by atoms with van der Waals surface area (Å²) in [5, 5.41) is 0. The van der Waals surface area contributed by atoms with Crippen LogP contribution in [-0.2, 0) is 10.2 Å². The van der Waals surface area contributed by atoms with Gasteiger partial charge in [-0.2, -0.15) is 0 Å². The van der Waals surface area contributed by atoms with Gasteiger partial charge in [-0.15, -0.1) is 0 Å². The monoisotopic (exact) mass is 230 g/mol.